The fraction of sp³-hybridized carbons (Fsp3) is 0.0667. The van der Waals surface area contributed by atoms with Gasteiger partial charge in [0.05, 0.1) is 16.8 Å². The molecule has 0 aliphatic heterocycles. The number of nitrogens with zero attached hydrogens (tertiary/aromatic N) is 2. The summed E-state index contributed by atoms with van der Waals surface area (Å²) in [6.07, 6.45) is 0. The van der Waals surface area contributed by atoms with Gasteiger partial charge in [0.15, 0.2) is 0 Å². The molecular weight excluding hydrogens is 304 g/mol. The highest BCUT2D eigenvalue weighted by Gasteiger charge is 2.17. The molecule has 3 nitrogen and oxygen atoms in total. The Morgan fingerprint density at radius 2 is 1.79 bits per heavy atom. The molecule has 0 aliphatic carbocycles. The second-order valence-corrected chi connectivity index (χ2v) is 4.83. The predicted molar refractivity (Wildman–Crippen MR) is 78.0 cm³/mol. The monoisotopic (exact) mass is 314 g/mol. The molecule has 94 valence electrons. The molecule has 0 heterocycles. The highest BCUT2D eigenvalue weighted by Crippen LogP contribution is 2.23. The number of rotatable bonds is 2. The summed E-state index contributed by atoms with van der Waals surface area (Å²) in [5.74, 6) is -0.157. The van der Waals surface area contributed by atoms with Crippen LogP contribution < -0.4 is 4.90 Å². The third kappa shape index (κ3) is 2.67. The molecule has 0 fully saturated rings. The molecule has 0 unspecified atom stereocenters. The summed E-state index contributed by atoms with van der Waals surface area (Å²) < 4.78 is 0.737. The second-order valence-electron chi connectivity index (χ2n) is 3.97. The van der Waals surface area contributed by atoms with Gasteiger partial charge in [-0.25, -0.2) is 0 Å². The van der Waals surface area contributed by atoms with Crippen LogP contribution in [-0.4, -0.2) is 13.0 Å². The quantitative estimate of drug-likeness (QED) is 0.850. The third-order valence-electron chi connectivity index (χ3n) is 2.79. The van der Waals surface area contributed by atoms with Crippen molar-refractivity contribution in [1.82, 2.24) is 0 Å². The average molecular weight is 315 g/mol. The molecule has 0 aromatic heterocycles. The fourth-order valence-electron chi connectivity index (χ4n) is 1.79. The topological polar surface area (TPSA) is 44.1 Å². The summed E-state index contributed by atoms with van der Waals surface area (Å²) in [4.78, 5) is 13.9. The van der Waals surface area contributed by atoms with Gasteiger partial charge in [0, 0.05) is 11.5 Å². The van der Waals surface area contributed by atoms with Crippen molar-refractivity contribution >= 4 is 27.5 Å². The zero-order valence-electron chi connectivity index (χ0n) is 10.3. The zero-order valence-corrected chi connectivity index (χ0v) is 11.9. The number of benzene rings is 2. The standard InChI is InChI=1S/C15H11BrN2O/c1-18(14-9-5-2-6-11(14)10-17)15(19)12-7-3-4-8-13(12)16/h2-9H,1H3. The van der Waals surface area contributed by atoms with Gasteiger partial charge < -0.3 is 4.90 Å². The van der Waals surface area contributed by atoms with Gasteiger partial charge in [0.1, 0.15) is 6.07 Å². The minimum Gasteiger partial charge on any atom is -0.310 e. The minimum absolute atomic E-state index is 0.157. The van der Waals surface area contributed by atoms with Gasteiger partial charge in [-0.3, -0.25) is 4.79 Å². The number of anilines is 1. The van der Waals surface area contributed by atoms with E-state index >= 15 is 0 Å². The van der Waals surface area contributed by atoms with Gasteiger partial charge in [-0.1, -0.05) is 24.3 Å². The lowest BCUT2D eigenvalue weighted by molar-refractivity contribution is 0.0992. The highest BCUT2D eigenvalue weighted by atomic mass is 79.9. The van der Waals surface area contributed by atoms with Crippen LogP contribution >= 0.6 is 15.9 Å². The Hall–Kier alpha value is -2.12. The van der Waals surface area contributed by atoms with Gasteiger partial charge in [0.25, 0.3) is 5.91 Å². The Bertz CT molecular complexity index is 661. The molecule has 0 atom stereocenters. The maximum Gasteiger partial charge on any atom is 0.259 e. The van der Waals surface area contributed by atoms with E-state index in [4.69, 9.17) is 5.26 Å². The summed E-state index contributed by atoms with van der Waals surface area (Å²) in [5, 5.41) is 9.08. The maximum absolute atomic E-state index is 12.4. The number of carbonyl (C=O) groups is 1. The number of hydrogen-bond donors (Lipinski definition) is 0. The molecular formula is C15H11BrN2O. The van der Waals surface area contributed by atoms with Crippen LogP contribution in [0.3, 0.4) is 0 Å². The first-order valence-corrected chi connectivity index (χ1v) is 6.46. The van der Waals surface area contributed by atoms with Gasteiger partial charge in [-0.05, 0) is 40.2 Å². The second kappa shape index (κ2) is 5.68. The predicted octanol–water partition coefficient (Wildman–Crippen LogP) is 3.60. The van der Waals surface area contributed by atoms with Gasteiger partial charge in [0.2, 0.25) is 0 Å². The number of halogens is 1. The molecule has 0 spiro atoms. The summed E-state index contributed by atoms with van der Waals surface area (Å²) >= 11 is 3.36. The van der Waals surface area contributed by atoms with E-state index in [2.05, 4.69) is 22.0 Å². The van der Waals surface area contributed by atoms with Gasteiger partial charge >= 0.3 is 0 Å². The summed E-state index contributed by atoms with van der Waals surface area (Å²) in [6.45, 7) is 0. The number of carbonyl (C=O) groups excluding carboxylic acids is 1. The molecule has 0 radical (unpaired) electrons. The summed E-state index contributed by atoms with van der Waals surface area (Å²) in [7, 11) is 1.66. The van der Waals surface area contributed by atoms with Crippen molar-refractivity contribution in [3.8, 4) is 6.07 Å². The van der Waals surface area contributed by atoms with Crippen molar-refractivity contribution in [2.45, 2.75) is 0 Å². The van der Waals surface area contributed by atoms with Crippen molar-refractivity contribution < 1.29 is 4.79 Å². The molecule has 19 heavy (non-hydrogen) atoms. The van der Waals surface area contributed by atoms with E-state index in [1.54, 1.807) is 37.4 Å². The lowest BCUT2D eigenvalue weighted by Crippen LogP contribution is -2.27. The minimum atomic E-state index is -0.157. The van der Waals surface area contributed by atoms with Gasteiger partial charge in [-0.2, -0.15) is 5.26 Å². The van der Waals surface area contributed by atoms with Gasteiger partial charge in [-0.15, -0.1) is 0 Å². The number of nitriles is 1. The molecule has 2 rings (SSSR count). The van der Waals surface area contributed by atoms with Crippen LogP contribution in [0.1, 0.15) is 15.9 Å². The average Bonchev–Trinajstić information content (AvgIpc) is 2.46. The Balaban J connectivity index is 2.40. The van der Waals surface area contributed by atoms with Crippen LogP contribution in [0.5, 0.6) is 0 Å². The van der Waals surface area contributed by atoms with E-state index in [-0.39, 0.29) is 5.91 Å². The Morgan fingerprint density at radius 1 is 1.16 bits per heavy atom. The Kier molecular flexibility index (Phi) is 3.98. The first kappa shape index (κ1) is 13.3. The van der Waals surface area contributed by atoms with Crippen molar-refractivity contribution in [2.75, 3.05) is 11.9 Å². The zero-order chi connectivity index (χ0) is 13.8. The molecule has 0 saturated carbocycles. The Morgan fingerprint density at radius 3 is 2.47 bits per heavy atom. The third-order valence-corrected chi connectivity index (χ3v) is 3.49. The number of amides is 1. The lowest BCUT2D eigenvalue weighted by Gasteiger charge is -2.19. The van der Waals surface area contributed by atoms with E-state index in [1.807, 2.05) is 18.2 Å². The van der Waals surface area contributed by atoms with Crippen LogP contribution in [0.25, 0.3) is 0 Å². The van der Waals surface area contributed by atoms with Crippen molar-refractivity contribution in [3.63, 3.8) is 0 Å². The molecule has 1 amide bonds. The van der Waals surface area contributed by atoms with E-state index < -0.39 is 0 Å². The largest absolute Gasteiger partial charge is 0.310 e. The van der Waals surface area contributed by atoms with Crippen molar-refractivity contribution in [3.05, 3.63) is 64.1 Å². The lowest BCUT2D eigenvalue weighted by atomic mass is 10.1. The molecule has 0 bridgehead atoms. The van der Waals surface area contributed by atoms with E-state index in [1.165, 1.54) is 4.90 Å². The molecule has 2 aromatic carbocycles. The smallest absolute Gasteiger partial charge is 0.259 e. The molecule has 0 N–H and O–H groups in total. The number of hydrogen-bond acceptors (Lipinski definition) is 2. The summed E-state index contributed by atoms with van der Waals surface area (Å²) in [6, 6.07) is 16.3. The van der Waals surface area contributed by atoms with Crippen LogP contribution in [0.2, 0.25) is 0 Å². The van der Waals surface area contributed by atoms with E-state index in [9.17, 15) is 4.79 Å². The highest BCUT2D eigenvalue weighted by molar-refractivity contribution is 9.10. The van der Waals surface area contributed by atoms with Crippen LogP contribution in [-0.2, 0) is 0 Å². The van der Waals surface area contributed by atoms with Crippen LogP contribution in [0, 0.1) is 11.3 Å². The molecule has 0 aliphatic rings. The van der Waals surface area contributed by atoms with Crippen molar-refractivity contribution in [2.24, 2.45) is 0 Å². The fourth-order valence-corrected chi connectivity index (χ4v) is 2.24. The van der Waals surface area contributed by atoms with Crippen molar-refractivity contribution in [1.29, 1.82) is 5.26 Å². The molecule has 4 heteroatoms. The molecule has 2 aromatic rings. The Labute approximate surface area is 120 Å². The number of para-hydroxylation sites is 1. The van der Waals surface area contributed by atoms with Crippen LogP contribution in [0.4, 0.5) is 5.69 Å². The first-order valence-electron chi connectivity index (χ1n) is 5.67. The normalized spacial score (nSPS) is 9.74. The molecule has 0 saturated heterocycles. The van der Waals surface area contributed by atoms with E-state index in [0.717, 1.165) is 4.47 Å². The maximum atomic E-state index is 12.4. The van der Waals surface area contributed by atoms with E-state index in [0.29, 0.717) is 16.8 Å². The summed E-state index contributed by atoms with van der Waals surface area (Å²) in [5.41, 5.74) is 1.65. The SMILES string of the molecule is CN(C(=O)c1ccccc1Br)c1ccccc1C#N. The first-order chi connectivity index (χ1) is 9.15. The van der Waals surface area contributed by atoms with Crippen LogP contribution in [0.15, 0.2) is 53.0 Å².